The number of anilines is 1. The van der Waals surface area contributed by atoms with Gasteiger partial charge in [0.05, 0.1) is 0 Å². The van der Waals surface area contributed by atoms with Crippen LogP contribution in [-0.2, 0) is 4.79 Å². The van der Waals surface area contributed by atoms with Crippen molar-refractivity contribution in [2.75, 3.05) is 25.0 Å². The first-order valence-electron chi connectivity index (χ1n) is 8.27. The lowest BCUT2D eigenvalue weighted by atomic mass is 10.1. The highest BCUT2D eigenvalue weighted by molar-refractivity contribution is 7.14. The minimum atomic E-state index is -0.173. The number of nitrogens with one attached hydrogen (secondary N) is 2. The van der Waals surface area contributed by atoms with Crippen LogP contribution >= 0.6 is 11.3 Å². The summed E-state index contributed by atoms with van der Waals surface area (Å²) < 4.78 is 0. The van der Waals surface area contributed by atoms with E-state index >= 15 is 0 Å². The highest BCUT2D eigenvalue weighted by Crippen LogP contribution is 2.18. The van der Waals surface area contributed by atoms with E-state index in [1.165, 1.54) is 17.8 Å². The molecule has 0 aliphatic carbocycles. The molecule has 1 aliphatic heterocycles. The number of amides is 2. The van der Waals surface area contributed by atoms with Crippen molar-refractivity contribution >= 4 is 28.3 Å². The monoisotopic (exact) mass is 338 g/mol. The molecule has 2 heterocycles. The van der Waals surface area contributed by atoms with Crippen LogP contribution in [0.3, 0.4) is 0 Å². The minimum Gasteiger partial charge on any atom is -0.349 e. The van der Waals surface area contributed by atoms with Crippen molar-refractivity contribution in [2.24, 2.45) is 5.92 Å². The second kappa shape index (κ2) is 8.40. The summed E-state index contributed by atoms with van der Waals surface area (Å²) in [6, 6.07) is 0.424. The number of aromatic nitrogens is 1. The quantitative estimate of drug-likeness (QED) is 0.800. The molecule has 2 amide bonds. The van der Waals surface area contributed by atoms with Gasteiger partial charge in [-0.25, -0.2) is 4.98 Å². The van der Waals surface area contributed by atoms with E-state index in [0.717, 1.165) is 19.5 Å². The fourth-order valence-corrected chi connectivity index (χ4v) is 3.53. The lowest BCUT2D eigenvalue weighted by molar-refractivity contribution is -0.116. The number of carbonyl (C=O) groups is 2. The van der Waals surface area contributed by atoms with E-state index in [1.54, 1.807) is 5.38 Å². The van der Waals surface area contributed by atoms with E-state index < -0.39 is 0 Å². The van der Waals surface area contributed by atoms with Crippen molar-refractivity contribution in [1.82, 2.24) is 15.2 Å². The topological polar surface area (TPSA) is 74.3 Å². The number of thiazole rings is 1. The van der Waals surface area contributed by atoms with Gasteiger partial charge in [-0.15, -0.1) is 11.3 Å². The van der Waals surface area contributed by atoms with Crippen LogP contribution in [0.5, 0.6) is 0 Å². The van der Waals surface area contributed by atoms with E-state index in [4.69, 9.17) is 0 Å². The van der Waals surface area contributed by atoms with E-state index in [1.807, 2.05) is 13.8 Å². The predicted octanol–water partition coefficient (Wildman–Crippen LogP) is 2.34. The Kier molecular flexibility index (Phi) is 6.53. The zero-order valence-corrected chi connectivity index (χ0v) is 14.9. The normalized spacial score (nSPS) is 18.3. The summed E-state index contributed by atoms with van der Waals surface area (Å²) in [4.78, 5) is 30.5. The SMILES string of the molecule is CCN1CCC[C@H]1CNC(=O)c1csc(NC(=O)CC(C)C)n1. The molecule has 0 aromatic carbocycles. The number of hydrogen-bond acceptors (Lipinski definition) is 5. The van der Waals surface area contributed by atoms with Crippen LogP contribution in [0.15, 0.2) is 5.38 Å². The lowest BCUT2D eigenvalue weighted by Gasteiger charge is -2.22. The molecule has 128 valence electrons. The zero-order chi connectivity index (χ0) is 16.8. The summed E-state index contributed by atoms with van der Waals surface area (Å²) in [6.07, 6.45) is 2.77. The Bertz CT molecular complexity index is 544. The third-order valence-corrected chi connectivity index (χ3v) is 4.74. The van der Waals surface area contributed by atoms with Gasteiger partial charge in [-0.1, -0.05) is 20.8 Å². The van der Waals surface area contributed by atoms with Gasteiger partial charge in [-0.3, -0.25) is 14.5 Å². The average Bonchev–Trinajstić information content (AvgIpc) is 3.12. The van der Waals surface area contributed by atoms with Gasteiger partial charge in [0, 0.05) is 24.4 Å². The Labute approximate surface area is 141 Å². The van der Waals surface area contributed by atoms with Gasteiger partial charge < -0.3 is 10.6 Å². The average molecular weight is 338 g/mol. The molecular weight excluding hydrogens is 312 g/mol. The van der Waals surface area contributed by atoms with Crippen molar-refractivity contribution in [3.05, 3.63) is 11.1 Å². The highest BCUT2D eigenvalue weighted by atomic mass is 32.1. The first-order valence-corrected chi connectivity index (χ1v) is 9.15. The number of likely N-dealkylation sites (tertiary alicyclic amines) is 1. The maximum Gasteiger partial charge on any atom is 0.270 e. The third kappa shape index (κ3) is 5.28. The number of likely N-dealkylation sites (N-methyl/N-ethyl adjacent to an activating group) is 1. The van der Waals surface area contributed by atoms with Crippen LogP contribution < -0.4 is 10.6 Å². The van der Waals surface area contributed by atoms with Crippen molar-refractivity contribution in [3.8, 4) is 0 Å². The molecule has 7 heteroatoms. The third-order valence-electron chi connectivity index (χ3n) is 3.98. The second-order valence-electron chi connectivity index (χ2n) is 6.32. The highest BCUT2D eigenvalue weighted by Gasteiger charge is 2.23. The Morgan fingerprint density at radius 2 is 2.26 bits per heavy atom. The fourth-order valence-electron chi connectivity index (χ4n) is 2.82. The molecule has 23 heavy (non-hydrogen) atoms. The van der Waals surface area contributed by atoms with Crippen LogP contribution in [0.1, 0.15) is 50.5 Å². The van der Waals surface area contributed by atoms with E-state index in [2.05, 4.69) is 27.4 Å². The van der Waals surface area contributed by atoms with Crippen LogP contribution in [0, 0.1) is 5.92 Å². The molecule has 0 radical (unpaired) electrons. The van der Waals surface area contributed by atoms with Gasteiger partial charge in [-0.05, 0) is 31.8 Å². The van der Waals surface area contributed by atoms with Crippen molar-refractivity contribution in [1.29, 1.82) is 0 Å². The Balaban J connectivity index is 1.82. The Morgan fingerprint density at radius 1 is 1.48 bits per heavy atom. The zero-order valence-electron chi connectivity index (χ0n) is 14.1. The van der Waals surface area contributed by atoms with Crippen LogP contribution in [-0.4, -0.2) is 47.4 Å². The Morgan fingerprint density at radius 3 is 2.96 bits per heavy atom. The molecule has 1 aromatic rings. The van der Waals surface area contributed by atoms with E-state index in [9.17, 15) is 9.59 Å². The molecule has 6 nitrogen and oxygen atoms in total. The molecular formula is C16H26N4O2S. The van der Waals surface area contributed by atoms with E-state index in [-0.39, 0.29) is 11.8 Å². The molecule has 0 saturated carbocycles. The van der Waals surface area contributed by atoms with Crippen molar-refractivity contribution in [3.63, 3.8) is 0 Å². The molecule has 0 unspecified atom stereocenters. The van der Waals surface area contributed by atoms with Gasteiger partial charge in [0.1, 0.15) is 5.69 Å². The lowest BCUT2D eigenvalue weighted by Crippen LogP contribution is -2.40. The van der Waals surface area contributed by atoms with Gasteiger partial charge in [0.25, 0.3) is 5.91 Å². The summed E-state index contributed by atoms with van der Waals surface area (Å²) in [7, 11) is 0. The van der Waals surface area contributed by atoms with Gasteiger partial charge in [-0.2, -0.15) is 0 Å². The number of carbonyl (C=O) groups excluding carboxylic acids is 2. The standard InChI is InChI=1S/C16H26N4O2S/c1-4-20-7-5-6-12(20)9-17-15(22)13-10-23-16(18-13)19-14(21)8-11(2)3/h10-12H,4-9H2,1-3H3,(H,17,22)(H,18,19,21)/t12-/m0/s1. The molecule has 1 fully saturated rings. The van der Waals surface area contributed by atoms with Gasteiger partial charge in [0.2, 0.25) is 5.91 Å². The van der Waals surface area contributed by atoms with Crippen molar-refractivity contribution < 1.29 is 9.59 Å². The molecule has 1 aromatic heterocycles. The number of hydrogen-bond donors (Lipinski definition) is 2. The number of nitrogens with zero attached hydrogens (tertiary/aromatic N) is 2. The van der Waals surface area contributed by atoms with Gasteiger partial charge >= 0.3 is 0 Å². The Hall–Kier alpha value is -1.47. The molecule has 1 aliphatic rings. The molecule has 2 N–H and O–H groups in total. The molecule has 2 rings (SSSR count). The maximum atomic E-state index is 12.2. The summed E-state index contributed by atoms with van der Waals surface area (Å²) in [5.74, 6) is 0.0602. The summed E-state index contributed by atoms with van der Waals surface area (Å²) in [5.41, 5.74) is 0.371. The van der Waals surface area contributed by atoms with Gasteiger partial charge in [0.15, 0.2) is 5.13 Å². The molecule has 0 bridgehead atoms. The molecule has 0 spiro atoms. The van der Waals surface area contributed by atoms with Crippen LogP contribution in [0.25, 0.3) is 0 Å². The maximum absolute atomic E-state index is 12.2. The fraction of sp³-hybridized carbons (Fsp3) is 0.688. The van der Waals surface area contributed by atoms with Crippen LogP contribution in [0.4, 0.5) is 5.13 Å². The minimum absolute atomic E-state index is 0.0640. The van der Waals surface area contributed by atoms with E-state index in [0.29, 0.717) is 35.8 Å². The molecule has 1 atom stereocenters. The summed E-state index contributed by atoms with van der Waals surface area (Å²) >= 11 is 1.28. The molecule has 1 saturated heterocycles. The second-order valence-corrected chi connectivity index (χ2v) is 7.18. The largest absolute Gasteiger partial charge is 0.349 e. The van der Waals surface area contributed by atoms with Crippen LogP contribution in [0.2, 0.25) is 0 Å². The first-order chi connectivity index (χ1) is 11.0. The predicted molar refractivity (Wildman–Crippen MR) is 92.8 cm³/mol. The van der Waals surface area contributed by atoms with Crippen molar-refractivity contribution in [2.45, 2.75) is 46.1 Å². The summed E-state index contributed by atoms with van der Waals surface area (Å²) in [6.45, 7) is 8.90. The smallest absolute Gasteiger partial charge is 0.270 e. The first kappa shape index (κ1) is 17.9. The summed E-state index contributed by atoms with van der Waals surface area (Å²) in [5, 5.41) is 7.87. The number of rotatable bonds is 7.